The topological polar surface area (TPSA) is 87.4 Å². The molecule has 10 heteroatoms. The minimum Gasteiger partial charge on any atom is -0.387 e. The van der Waals surface area contributed by atoms with Crippen LogP contribution in [0.1, 0.15) is 28.9 Å². The fourth-order valence-corrected chi connectivity index (χ4v) is 5.36. The summed E-state index contributed by atoms with van der Waals surface area (Å²) in [4.78, 5) is -0.278. The van der Waals surface area contributed by atoms with Crippen LogP contribution in [0.2, 0.25) is 0 Å². The molecule has 1 N–H and O–H groups in total. The third-order valence-corrected chi connectivity index (χ3v) is 6.67. The lowest BCUT2D eigenvalue weighted by Gasteiger charge is -2.25. The zero-order valence-electron chi connectivity index (χ0n) is 13.6. The first-order valence-electron chi connectivity index (χ1n) is 7.48. The van der Waals surface area contributed by atoms with Crippen LogP contribution in [-0.4, -0.2) is 25.9 Å². The lowest BCUT2D eigenvalue weighted by molar-refractivity contribution is 0.0456. The second kappa shape index (κ2) is 6.60. The SMILES string of the molecule is COC(c1c(F)c(F)c(C#N)c(F)c1F)C1C(O)c2ccccc2S1(=O)=O. The first-order chi connectivity index (χ1) is 12.7. The van der Waals surface area contributed by atoms with E-state index < -0.39 is 61.7 Å². The van der Waals surface area contributed by atoms with E-state index in [1.165, 1.54) is 24.3 Å². The van der Waals surface area contributed by atoms with Gasteiger partial charge in [-0.1, -0.05) is 18.2 Å². The molecule has 3 atom stereocenters. The van der Waals surface area contributed by atoms with Crippen LogP contribution in [0, 0.1) is 34.6 Å². The largest absolute Gasteiger partial charge is 0.387 e. The van der Waals surface area contributed by atoms with Crippen LogP contribution in [0.15, 0.2) is 29.2 Å². The van der Waals surface area contributed by atoms with Crippen molar-refractivity contribution in [2.75, 3.05) is 7.11 Å². The molecule has 0 bridgehead atoms. The fourth-order valence-electron chi connectivity index (χ4n) is 3.22. The van der Waals surface area contributed by atoms with Gasteiger partial charge >= 0.3 is 0 Å². The minimum absolute atomic E-state index is 0.0278. The average molecular weight is 401 g/mol. The molecule has 0 aliphatic carbocycles. The van der Waals surface area contributed by atoms with Crippen molar-refractivity contribution in [3.8, 4) is 6.07 Å². The molecule has 0 fully saturated rings. The van der Waals surface area contributed by atoms with Crippen molar-refractivity contribution in [1.82, 2.24) is 0 Å². The number of aliphatic hydroxyl groups is 1. The van der Waals surface area contributed by atoms with Crippen LogP contribution >= 0.6 is 0 Å². The quantitative estimate of drug-likeness (QED) is 0.631. The van der Waals surface area contributed by atoms with Gasteiger partial charge in [0.15, 0.2) is 33.1 Å². The number of sulfone groups is 1. The van der Waals surface area contributed by atoms with Crippen molar-refractivity contribution >= 4 is 9.84 Å². The van der Waals surface area contributed by atoms with Gasteiger partial charge in [-0.25, -0.2) is 26.0 Å². The lowest BCUT2D eigenvalue weighted by Crippen LogP contribution is -2.32. The van der Waals surface area contributed by atoms with Crippen LogP contribution in [0.25, 0.3) is 0 Å². The van der Waals surface area contributed by atoms with Gasteiger partial charge in [-0.3, -0.25) is 0 Å². The van der Waals surface area contributed by atoms with Gasteiger partial charge in [0.05, 0.1) is 10.5 Å². The van der Waals surface area contributed by atoms with E-state index in [-0.39, 0.29) is 10.5 Å². The van der Waals surface area contributed by atoms with Crippen LogP contribution in [0.5, 0.6) is 0 Å². The number of halogens is 4. The van der Waals surface area contributed by atoms with Gasteiger partial charge in [-0.15, -0.1) is 0 Å². The number of rotatable bonds is 3. The molecule has 2 aromatic rings. The van der Waals surface area contributed by atoms with E-state index >= 15 is 0 Å². The Labute approximate surface area is 151 Å². The standard InChI is InChI=1S/C17H11F4NO4S/c1-26-16(10-13(20)11(18)8(6-22)12(19)14(10)21)17-15(23)7-4-2-3-5-9(7)27(17,24)25/h2-5,15-17,23H,1H3. The first-order valence-corrected chi connectivity index (χ1v) is 9.02. The molecule has 27 heavy (non-hydrogen) atoms. The van der Waals surface area contributed by atoms with E-state index in [0.717, 1.165) is 13.2 Å². The Bertz CT molecular complexity index is 1050. The third-order valence-electron chi connectivity index (χ3n) is 4.46. The number of nitrogens with zero attached hydrogens (tertiary/aromatic N) is 1. The summed E-state index contributed by atoms with van der Waals surface area (Å²) in [6.07, 6.45) is -3.83. The Kier molecular flexibility index (Phi) is 4.71. The Morgan fingerprint density at radius 2 is 1.67 bits per heavy atom. The molecule has 3 unspecified atom stereocenters. The predicted molar refractivity (Wildman–Crippen MR) is 83.1 cm³/mol. The van der Waals surface area contributed by atoms with Crippen molar-refractivity contribution in [3.63, 3.8) is 0 Å². The van der Waals surface area contributed by atoms with Gasteiger partial charge in [0.2, 0.25) is 0 Å². The van der Waals surface area contributed by atoms with Crippen LogP contribution in [-0.2, 0) is 14.6 Å². The average Bonchev–Trinajstić information content (AvgIpc) is 2.85. The number of aliphatic hydroxyl groups excluding tert-OH is 1. The molecule has 142 valence electrons. The second-order valence-electron chi connectivity index (χ2n) is 5.80. The number of nitriles is 1. The van der Waals surface area contributed by atoms with Crippen molar-refractivity contribution < 1.29 is 35.8 Å². The van der Waals surface area contributed by atoms with E-state index in [0.29, 0.717) is 0 Å². The monoisotopic (exact) mass is 401 g/mol. The van der Waals surface area contributed by atoms with E-state index in [1.54, 1.807) is 0 Å². The van der Waals surface area contributed by atoms with Gasteiger partial charge in [0.1, 0.15) is 29.1 Å². The highest BCUT2D eigenvalue weighted by atomic mass is 32.2. The highest BCUT2D eigenvalue weighted by molar-refractivity contribution is 7.92. The number of hydrogen-bond donors (Lipinski definition) is 1. The summed E-state index contributed by atoms with van der Waals surface area (Å²) in [5, 5.41) is 17.1. The van der Waals surface area contributed by atoms with Crippen molar-refractivity contribution in [2.45, 2.75) is 22.4 Å². The highest BCUT2D eigenvalue weighted by Gasteiger charge is 2.51. The summed E-state index contributed by atoms with van der Waals surface area (Å²) in [6.45, 7) is 0. The van der Waals surface area contributed by atoms with Crippen LogP contribution < -0.4 is 0 Å². The maximum Gasteiger partial charge on any atom is 0.187 e. The minimum atomic E-state index is -4.35. The van der Waals surface area contributed by atoms with Gasteiger partial charge in [0, 0.05) is 12.7 Å². The highest BCUT2D eigenvalue weighted by Crippen LogP contribution is 2.46. The van der Waals surface area contributed by atoms with E-state index in [4.69, 9.17) is 10.00 Å². The summed E-state index contributed by atoms with van der Waals surface area (Å²) in [5.41, 5.74) is -2.87. The summed E-state index contributed by atoms with van der Waals surface area (Å²) in [7, 11) is -3.47. The molecule has 0 saturated carbocycles. The van der Waals surface area contributed by atoms with Crippen LogP contribution in [0.4, 0.5) is 17.6 Å². The first kappa shape index (κ1) is 19.3. The molecule has 0 amide bonds. The van der Waals surface area contributed by atoms with Crippen LogP contribution in [0.3, 0.4) is 0 Å². The molecule has 0 radical (unpaired) electrons. The normalized spacial score (nSPS) is 21.5. The maximum atomic E-state index is 14.4. The molecule has 5 nitrogen and oxygen atoms in total. The molecule has 0 aromatic heterocycles. The Morgan fingerprint density at radius 1 is 1.11 bits per heavy atom. The molecular formula is C17H11F4NO4S. The van der Waals surface area contributed by atoms with Gasteiger partial charge < -0.3 is 9.84 Å². The third kappa shape index (κ3) is 2.62. The number of fused-ring (bicyclic) bond motifs is 1. The smallest absolute Gasteiger partial charge is 0.187 e. The molecule has 3 rings (SSSR count). The molecule has 0 spiro atoms. The van der Waals surface area contributed by atoms with Gasteiger partial charge in [-0.05, 0) is 6.07 Å². The summed E-state index contributed by atoms with van der Waals surface area (Å²) in [5.74, 6) is -7.88. The number of benzene rings is 2. The zero-order chi connectivity index (χ0) is 20.1. The second-order valence-corrected chi connectivity index (χ2v) is 7.88. The van der Waals surface area contributed by atoms with Crippen molar-refractivity contribution in [1.29, 1.82) is 5.26 Å². The number of hydrogen-bond acceptors (Lipinski definition) is 5. The number of ether oxygens (including phenoxy) is 1. The fraction of sp³-hybridized carbons (Fsp3) is 0.235. The van der Waals surface area contributed by atoms with E-state index in [2.05, 4.69) is 0 Å². The lowest BCUT2D eigenvalue weighted by atomic mass is 9.96. The van der Waals surface area contributed by atoms with E-state index in [9.17, 15) is 31.1 Å². The summed E-state index contributed by atoms with van der Waals surface area (Å²) in [6, 6.07) is 6.32. The predicted octanol–water partition coefficient (Wildman–Crippen LogP) is 2.69. The molecule has 1 aliphatic heterocycles. The summed E-state index contributed by atoms with van der Waals surface area (Å²) < 4.78 is 87.1. The zero-order valence-corrected chi connectivity index (χ0v) is 14.4. The Morgan fingerprint density at radius 3 is 2.15 bits per heavy atom. The Hall–Kier alpha value is -2.48. The number of methoxy groups -OCH3 is 1. The van der Waals surface area contributed by atoms with Gasteiger partial charge in [0.25, 0.3) is 0 Å². The van der Waals surface area contributed by atoms with E-state index in [1.807, 2.05) is 0 Å². The van der Waals surface area contributed by atoms with Gasteiger partial charge in [-0.2, -0.15) is 5.26 Å². The molecule has 2 aromatic carbocycles. The maximum absolute atomic E-state index is 14.4. The molecule has 0 saturated heterocycles. The molecule has 1 heterocycles. The van der Waals surface area contributed by atoms with Crippen molar-refractivity contribution in [3.05, 3.63) is 64.2 Å². The summed E-state index contributed by atoms with van der Waals surface area (Å²) >= 11 is 0. The molecular weight excluding hydrogens is 390 g/mol. The molecule has 1 aliphatic rings. The Balaban J connectivity index is 2.26. The van der Waals surface area contributed by atoms with Crippen molar-refractivity contribution in [2.24, 2.45) is 0 Å².